The van der Waals surface area contributed by atoms with E-state index in [9.17, 15) is 0 Å². The van der Waals surface area contributed by atoms with E-state index in [1.165, 1.54) is 11.3 Å². The van der Waals surface area contributed by atoms with Crippen molar-refractivity contribution >= 4 is 5.69 Å². The lowest BCUT2D eigenvalue weighted by molar-refractivity contribution is 0.170. The minimum Gasteiger partial charge on any atom is -0.385 e. The summed E-state index contributed by atoms with van der Waals surface area (Å²) in [6, 6.07) is 9.21. The fraction of sp³-hybridized carbons (Fsp3) is 0.647. The van der Waals surface area contributed by atoms with Crippen molar-refractivity contribution in [2.24, 2.45) is 5.92 Å². The molecule has 0 aromatic heterocycles. The molecule has 3 heteroatoms. The summed E-state index contributed by atoms with van der Waals surface area (Å²) in [5, 5.41) is 3.69. The number of anilines is 1. The molecule has 0 fully saturated rings. The van der Waals surface area contributed by atoms with Crippen molar-refractivity contribution in [3.8, 4) is 0 Å². The summed E-state index contributed by atoms with van der Waals surface area (Å²) >= 11 is 0. The average molecular weight is 278 g/mol. The van der Waals surface area contributed by atoms with Crippen molar-refractivity contribution in [3.05, 3.63) is 29.8 Å². The number of benzene rings is 1. The van der Waals surface area contributed by atoms with Gasteiger partial charge < -0.3 is 15.0 Å². The van der Waals surface area contributed by atoms with E-state index in [1.807, 2.05) is 0 Å². The van der Waals surface area contributed by atoms with Gasteiger partial charge in [-0.05, 0) is 43.0 Å². The molecular weight excluding hydrogens is 248 g/mol. The van der Waals surface area contributed by atoms with Crippen molar-refractivity contribution in [2.45, 2.75) is 32.7 Å². The normalized spacial score (nSPS) is 14.1. The second-order valence-corrected chi connectivity index (χ2v) is 5.68. The molecule has 1 rings (SSSR count). The van der Waals surface area contributed by atoms with Gasteiger partial charge in [-0.2, -0.15) is 0 Å². The van der Waals surface area contributed by atoms with Crippen LogP contribution >= 0.6 is 0 Å². The SMILES string of the molecule is CCCNC(c1cccc(N(C)C)c1)C(C)CCOC. The zero-order valence-corrected chi connectivity index (χ0v) is 13.6. The molecule has 1 aromatic rings. The second-order valence-electron chi connectivity index (χ2n) is 5.68. The standard InChI is InChI=1S/C17H30N2O/c1-6-11-18-17(14(2)10-12-20-5)15-8-7-9-16(13-15)19(3)4/h7-9,13-14,17-18H,6,10-12H2,1-5H3. The van der Waals surface area contributed by atoms with E-state index < -0.39 is 0 Å². The molecule has 0 radical (unpaired) electrons. The Morgan fingerprint density at radius 3 is 2.65 bits per heavy atom. The molecule has 0 bridgehead atoms. The molecule has 0 heterocycles. The molecule has 20 heavy (non-hydrogen) atoms. The zero-order valence-electron chi connectivity index (χ0n) is 13.6. The van der Waals surface area contributed by atoms with Crippen molar-refractivity contribution in [1.82, 2.24) is 5.32 Å². The first-order chi connectivity index (χ1) is 9.60. The van der Waals surface area contributed by atoms with Crippen LogP contribution in [0, 0.1) is 5.92 Å². The van der Waals surface area contributed by atoms with Gasteiger partial charge in [-0.3, -0.25) is 0 Å². The van der Waals surface area contributed by atoms with Crippen LogP contribution in [0.3, 0.4) is 0 Å². The third-order valence-corrected chi connectivity index (χ3v) is 3.71. The van der Waals surface area contributed by atoms with Crippen LogP contribution in [0.15, 0.2) is 24.3 Å². The van der Waals surface area contributed by atoms with Crippen LogP contribution in [0.1, 0.15) is 38.3 Å². The van der Waals surface area contributed by atoms with Gasteiger partial charge >= 0.3 is 0 Å². The Morgan fingerprint density at radius 1 is 1.30 bits per heavy atom. The predicted octanol–water partition coefficient (Wildman–Crippen LogP) is 3.47. The first kappa shape index (κ1) is 17.0. The minimum atomic E-state index is 0.394. The predicted molar refractivity (Wildman–Crippen MR) is 87.5 cm³/mol. The van der Waals surface area contributed by atoms with Crippen LogP contribution < -0.4 is 10.2 Å². The maximum atomic E-state index is 5.23. The van der Waals surface area contributed by atoms with Crippen LogP contribution in [-0.2, 0) is 4.74 Å². The van der Waals surface area contributed by atoms with Crippen molar-refractivity contribution in [2.75, 3.05) is 39.3 Å². The fourth-order valence-corrected chi connectivity index (χ4v) is 2.41. The third-order valence-electron chi connectivity index (χ3n) is 3.71. The van der Waals surface area contributed by atoms with Crippen LogP contribution in [0.4, 0.5) is 5.69 Å². The monoisotopic (exact) mass is 278 g/mol. The summed E-state index contributed by atoms with van der Waals surface area (Å²) < 4.78 is 5.23. The lowest BCUT2D eigenvalue weighted by atomic mass is 9.91. The Morgan fingerprint density at radius 2 is 2.05 bits per heavy atom. The highest BCUT2D eigenvalue weighted by atomic mass is 16.5. The molecule has 0 spiro atoms. The maximum Gasteiger partial charge on any atom is 0.0465 e. The van der Waals surface area contributed by atoms with Gasteiger partial charge in [0.25, 0.3) is 0 Å². The van der Waals surface area contributed by atoms with E-state index in [2.05, 4.69) is 62.4 Å². The Bertz CT molecular complexity index is 379. The number of methoxy groups -OCH3 is 1. The van der Waals surface area contributed by atoms with Gasteiger partial charge in [0.15, 0.2) is 0 Å². The lowest BCUT2D eigenvalue weighted by Gasteiger charge is -2.27. The Labute approximate surface area is 124 Å². The van der Waals surface area contributed by atoms with Gasteiger partial charge in [-0.15, -0.1) is 0 Å². The smallest absolute Gasteiger partial charge is 0.0465 e. The first-order valence-corrected chi connectivity index (χ1v) is 7.59. The lowest BCUT2D eigenvalue weighted by Crippen LogP contribution is -2.28. The third kappa shape index (κ3) is 5.14. The van der Waals surface area contributed by atoms with Crippen molar-refractivity contribution < 1.29 is 4.74 Å². The highest BCUT2D eigenvalue weighted by Gasteiger charge is 2.18. The number of rotatable bonds is 9. The van der Waals surface area contributed by atoms with Crippen LogP contribution in [0.5, 0.6) is 0 Å². The van der Waals surface area contributed by atoms with Gasteiger partial charge in [0.05, 0.1) is 0 Å². The highest BCUT2D eigenvalue weighted by molar-refractivity contribution is 5.47. The van der Waals surface area contributed by atoms with Gasteiger partial charge in [0.2, 0.25) is 0 Å². The summed E-state index contributed by atoms with van der Waals surface area (Å²) in [6.45, 7) is 6.38. The molecule has 1 N–H and O–H groups in total. The number of nitrogens with one attached hydrogen (secondary N) is 1. The molecule has 2 unspecified atom stereocenters. The van der Waals surface area contributed by atoms with E-state index in [-0.39, 0.29) is 0 Å². The van der Waals surface area contributed by atoms with Crippen LogP contribution in [-0.4, -0.2) is 34.4 Å². The fourth-order valence-electron chi connectivity index (χ4n) is 2.41. The number of hydrogen-bond acceptors (Lipinski definition) is 3. The molecule has 0 saturated heterocycles. The molecule has 114 valence electrons. The highest BCUT2D eigenvalue weighted by Crippen LogP contribution is 2.27. The maximum absolute atomic E-state index is 5.23. The molecule has 3 nitrogen and oxygen atoms in total. The summed E-state index contributed by atoms with van der Waals surface area (Å²) in [4.78, 5) is 2.15. The van der Waals surface area contributed by atoms with Gasteiger partial charge in [-0.25, -0.2) is 0 Å². The summed E-state index contributed by atoms with van der Waals surface area (Å²) in [5.74, 6) is 0.555. The number of nitrogens with zero attached hydrogens (tertiary/aromatic N) is 1. The largest absolute Gasteiger partial charge is 0.385 e. The topological polar surface area (TPSA) is 24.5 Å². The second kappa shape index (κ2) is 8.98. The van der Waals surface area contributed by atoms with E-state index >= 15 is 0 Å². The van der Waals surface area contributed by atoms with E-state index in [1.54, 1.807) is 7.11 Å². The molecule has 0 saturated carbocycles. The summed E-state index contributed by atoms with van der Waals surface area (Å²) in [7, 11) is 5.94. The Hall–Kier alpha value is -1.06. The molecule has 0 aliphatic carbocycles. The van der Waals surface area contributed by atoms with Crippen LogP contribution in [0.25, 0.3) is 0 Å². The summed E-state index contributed by atoms with van der Waals surface area (Å²) in [5.41, 5.74) is 2.62. The average Bonchev–Trinajstić information content (AvgIpc) is 2.45. The quantitative estimate of drug-likeness (QED) is 0.748. The van der Waals surface area contributed by atoms with Crippen molar-refractivity contribution in [3.63, 3.8) is 0 Å². The van der Waals surface area contributed by atoms with E-state index in [0.29, 0.717) is 12.0 Å². The molecule has 0 aliphatic rings. The van der Waals surface area contributed by atoms with E-state index in [4.69, 9.17) is 4.74 Å². The number of ether oxygens (including phenoxy) is 1. The van der Waals surface area contributed by atoms with Crippen molar-refractivity contribution in [1.29, 1.82) is 0 Å². The zero-order chi connectivity index (χ0) is 15.0. The molecule has 1 aromatic carbocycles. The minimum absolute atomic E-state index is 0.394. The Kier molecular flexibility index (Phi) is 7.63. The van der Waals surface area contributed by atoms with Crippen LogP contribution in [0.2, 0.25) is 0 Å². The van der Waals surface area contributed by atoms with Gasteiger partial charge in [0, 0.05) is 39.5 Å². The van der Waals surface area contributed by atoms with Gasteiger partial charge in [0.1, 0.15) is 0 Å². The number of hydrogen-bond donors (Lipinski definition) is 1. The molecule has 2 atom stereocenters. The molecule has 0 amide bonds. The molecule has 0 aliphatic heterocycles. The Balaban J connectivity index is 2.88. The van der Waals surface area contributed by atoms with E-state index in [0.717, 1.165) is 26.0 Å². The molecular formula is C17H30N2O. The summed E-state index contributed by atoms with van der Waals surface area (Å²) in [6.07, 6.45) is 2.23. The first-order valence-electron chi connectivity index (χ1n) is 7.59. The van der Waals surface area contributed by atoms with Gasteiger partial charge in [-0.1, -0.05) is 26.0 Å².